The van der Waals surface area contributed by atoms with Crippen LogP contribution in [0.25, 0.3) is 0 Å². The van der Waals surface area contributed by atoms with Crippen LogP contribution in [0.15, 0.2) is 30.5 Å². The number of alkyl halides is 3. The van der Waals surface area contributed by atoms with Crippen LogP contribution >= 0.6 is 0 Å². The summed E-state index contributed by atoms with van der Waals surface area (Å²) in [5, 5.41) is 0. The molecule has 7 heteroatoms. The highest BCUT2D eigenvalue weighted by atomic mass is 19.4. The van der Waals surface area contributed by atoms with Crippen molar-refractivity contribution in [3.63, 3.8) is 0 Å². The molecule has 0 unspecified atom stereocenters. The van der Waals surface area contributed by atoms with Crippen LogP contribution in [-0.4, -0.2) is 23.6 Å². The molecule has 3 rings (SSSR count). The van der Waals surface area contributed by atoms with Crippen molar-refractivity contribution in [2.24, 2.45) is 0 Å². The van der Waals surface area contributed by atoms with Crippen molar-refractivity contribution in [1.29, 1.82) is 0 Å². The number of ether oxygens (including phenoxy) is 1. The van der Waals surface area contributed by atoms with Gasteiger partial charge in [0.1, 0.15) is 5.56 Å². The number of benzene rings is 1. The van der Waals surface area contributed by atoms with E-state index in [4.69, 9.17) is 4.74 Å². The minimum absolute atomic E-state index is 0.0175. The highest BCUT2D eigenvalue weighted by Crippen LogP contribution is 2.42. The Hall–Kier alpha value is -2.31. The summed E-state index contributed by atoms with van der Waals surface area (Å²) in [5.74, 6) is 0.185. The molecule has 30 heavy (non-hydrogen) atoms. The Kier molecular flexibility index (Phi) is 7.56. The van der Waals surface area contributed by atoms with Crippen molar-refractivity contribution >= 4 is 11.5 Å². The maximum absolute atomic E-state index is 13.7. The first kappa shape index (κ1) is 22.4. The average Bonchev–Trinajstić information content (AvgIpc) is 2.76. The molecule has 1 heterocycles. The monoisotopic (exact) mass is 421 g/mol. The van der Waals surface area contributed by atoms with Crippen LogP contribution in [0, 0.1) is 0 Å². The van der Waals surface area contributed by atoms with E-state index in [2.05, 4.69) is 16.9 Å². The fourth-order valence-corrected chi connectivity index (χ4v) is 4.06. The van der Waals surface area contributed by atoms with Crippen LogP contribution in [0.3, 0.4) is 0 Å². The molecule has 1 aliphatic rings. The largest absolute Gasteiger partial charge is 0.463 e. The van der Waals surface area contributed by atoms with Gasteiger partial charge in [-0.25, -0.2) is 4.98 Å². The summed E-state index contributed by atoms with van der Waals surface area (Å²) in [4.78, 5) is 9.52. The predicted octanol–water partition coefficient (Wildman–Crippen LogP) is 6.88. The average molecular weight is 422 g/mol. The van der Waals surface area contributed by atoms with Gasteiger partial charge in [-0.2, -0.15) is 18.2 Å². The number of nitrogens with zero attached hydrogens (tertiary/aromatic N) is 3. The molecule has 0 radical (unpaired) electrons. The van der Waals surface area contributed by atoms with E-state index in [9.17, 15) is 13.2 Å². The maximum atomic E-state index is 13.7. The van der Waals surface area contributed by atoms with E-state index in [1.165, 1.54) is 11.3 Å². The Morgan fingerprint density at radius 3 is 2.53 bits per heavy atom. The molecule has 1 aromatic carbocycles. The molecule has 0 bridgehead atoms. The highest BCUT2D eigenvalue weighted by molar-refractivity contribution is 5.66. The molecule has 0 spiro atoms. The number of unbranched alkanes of at least 4 members (excludes halogenated alkanes) is 2. The van der Waals surface area contributed by atoms with E-state index in [0.717, 1.165) is 62.4 Å². The lowest BCUT2D eigenvalue weighted by atomic mass is 9.83. The van der Waals surface area contributed by atoms with Crippen LogP contribution in [0.4, 0.5) is 24.7 Å². The lowest BCUT2D eigenvalue weighted by Crippen LogP contribution is -2.21. The van der Waals surface area contributed by atoms with E-state index in [1.807, 2.05) is 24.3 Å². The van der Waals surface area contributed by atoms with E-state index in [-0.39, 0.29) is 11.8 Å². The van der Waals surface area contributed by atoms with Crippen LogP contribution in [0.5, 0.6) is 6.01 Å². The second kappa shape index (κ2) is 10.1. The zero-order valence-corrected chi connectivity index (χ0v) is 17.7. The van der Waals surface area contributed by atoms with Crippen LogP contribution < -0.4 is 9.64 Å². The minimum atomic E-state index is -4.55. The normalized spacial score (nSPS) is 15.2. The number of para-hydroxylation sites is 1. The zero-order chi connectivity index (χ0) is 21.6. The number of hydrogen-bond acceptors (Lipinski definition) is 4. The van der Waals surface area contributed by atoms with Gasteiger partial charge < -0.3 is 9.64 Å². The Morgan fingerprint density at radius 1 is 1.10 bits per heavy atom. The number of hydrogen-bond donors (Lipinski definition) is 0. The first-order chi connectivity index (χ1) is 14.4. The van der Waals surface area contributed by atoms with Gasteiger partial charge in [0.15, 0.2) is 5.82 Å². The van der Waals surface area contributed by atoms with E-state index < -0.39 is 11.7 Å². The van der Waals surface area contributed by atoms with Crippen LogP contribution in [0.1, 0.15) is 75.3 Å². The van der Waals surface area contributed by atoms with Crippen LogP contribution in [0.2, 0.25) is 0 Å². The molecule has 164 valence electrons. The summed E-state index contributed by atoms with van der Waals surface area (Å²) in [6.07, 6.45) is 4.76. The summed E-state index contributed by atoms with van der Waals surface area (Å²) in [5.41, 5.74) is 0.978. The van der Waals surface area contributed by atoms with Crippen molar-refractivity contribution in [2.45, 2.75) is 70.4 Å². The van der Waals surface area contributed by atoms with Crippen molar-refractivity contribution in [2.75, 3.05) is 18.6 Å². The number of anilines is 2. The van der Waals surface area contributed by atoms with Crippen molar-refractivity contribution < 1.29 is 17.9 Å². The summed E-state index contributed by atoms with van der Waals surface area (Å²) >= 11 is 0. The van der Waals surface area contributed by atoms with Crippen molar-refractivity contribution in [3.05, 3.63) is 41.6 Å². The third kappa shape index (κ3) is 5.43. The van der Waals surface area contributed by atoms with Gasteiger partial charge in [0.05, 0.1) is 6.61 Å². The van der Waals surface area contributed by atoms with Gasteiger partial charge in [-0.3, -0.25) is 0 Å². The first-order valence-electron chi connectivity index (χ1n) is 10.8. The molecule has 4 nitrogen and oxygen atoms in total. The molecule has 1 fully saturated rings. The Bertz CT molecular complexity index is 820. The zero-order valence-electron chi connectivity index (χ0n) is 17.7. The third-order valence-electron chi connectivity index (χ3n) is 5.69. The smallest absolute Gasteiger partial charge is 0.421 e. The highest BCUT2D eigenvalue weighted by Gasteiger charge is 2.37. The second-order valence-corrected chi connectivity index (χ2v) is 7.90. The fourth-order valence-electron chi connectivity index (χ4n) is 4.06. The second-order valence-electron chi connectivity index (χ2n) is 7.90. The number of halogens is 3. The van der Waals surface area contributed by atoms with E-state index >= 15 is 0 Å². The summed E-state index contributed by atoms with van der Waals surface area (Å²) < 4.78 is 46.7. The van der Waals surface area contributed by atoms with Gasteiger partial charge in [-0.05, 0) is 36.8 Å². The Balaban J connectivity index is 1.94. The Labute approximate surface area is 176 Å². The minimum Gasteiger partial charge on any atom is -0.463 e. The maximum Gasteiger partial charge on any atom is 0.421 e. The van der Waals surface area contributed by atoms with Gasteiger partial charge in [0.25, 0.3) is 0 Å². The molecule has 2 aromatic rings. The first-order valence-corrected chi connectivity index (χ1v) is 10.8. The molecule has 0 atom stereocenters. The van der Waals surface area contributed by atoms with Crippen molar-refractivity contribution in [3.8, 4) is 6.01 Å². The number of rotatable bonds is 8. The quantitative estimate of drug-likeness (QED) is 0.436. The van der Waals surface area contributed by atoms with Gasteiger partial charge in [-0.1, -0.05) is 57.2 Å². The van der Waals surface area contributed by atoms with Gasteiger partial charge in [-0.15, -0.1) is 0 Å². The SMILES string of the molecule is CCCCCOc1ncc(C(F)(F)F)c(N(C)c2ccccc2C2CCCCC2)n1. The standard InChI is InChI=1S/C23H30F3N3O/c1-3-4-10-15-30-22-27-16-19(23(24,25)26)21(28-22)29(2)20-14-9-8-13-18(20)17-11-6-5-7-12-17/h8-9,13-14,16-17H,3-7,10-12,15H2,1-2H3. The van der Waals surface area contributed by atoms with Crippen LogP contribution in [-0.2, 0) is 6.18 Å². The Morgan fingerprint density at radius 2 is 1.83 bits per heavy atom. The third-order valence-corrected chi connectivity index (χ3v) is 5.69. The summed E-state index contributed by atoms with van der Waals surface area (Å²) in [6, 6.07) is 7.69. The van der Waals surface area contributed by atoms with Gasteiger partial charge >= 0.3 is 12.2 Å². The molecule has 0 amide bonds. The molecule has 0 saturated heterocycles. The molecule has 0 aliphatic heterocycles. The van der Waals surface area contributed by atoms with Crippen molar-refractivity contribution in [1.82, 2.24) is 9.97 Å². The summed E-state index contributed by atoms with van der Waals surface area (Å²) in [6.45, 7) is 2.46. The molecule has 1 aliphatic carbocycles. The van der Waals surface area contributed by atoms with E-state index in [0.29, 0.717) is 12.5 Å². The lowest BCUT2D eigenvalue weighted by Gasteiger charge is -2.29. The lowest BCUT2D eigenvalue weighted by molar-refractivity contribution is -0.137. The molecular weight excluding hydrogens is 391 g/mol. The van der Waals surface area contributed by atoms with E-state index in [1.54, 1.807) is 7.05 Å². The number of aromatic nitrogens is 2. The van der Waals surface area contributed by atoms with Gasteiger partial charge in [0, 0.05) is 18.9 Å². The van der Waals surface area contributed by atoms with Gasteiger partial charge in [0.2, 0.25) is 0 Å². The predicted molar refractivity (Wildman–Crippen MR) is 112 cm³/mol. The molecule has 1 aromatic heterocycles. The topological polar surface area (TPSA) is 38.2 Å². The molecule has 0 N–H and O–H groups in total. The fraction of sp³-hybridized carbons (Fsp3) is 0.565. The molecule has 1 saturated carbocycles. The molecular formula is C23H30F3N3O. The summed E-state index contributed by atoms with van der Waals surface area (Å²) in [7, 11) is 1.64.